The molecule has 0 spiro atoms. The van der Waals surface area contributed by atoms with E-state index in [0.29, 0.717) is 5.92 Å². The molecule has 0 bridgehead atoms. The third-order valence-electron chi connectivity index (χ3n) is 4.13. The van der Waals surface area contributed by atoms with Crippen LogP contribution in [0.15, 0.2) is 12.1 Å². The molecule has 1 aliphatic heterocycles. The van der Waals surface area contributed by atoms with E-state index in [1.165, 1.54) is 18.9 Å². The summed E-state index contributed by atoms with van der Waals surface area (Å²) in [7, 11) is 0. The van der Waals surface area contributed by atoms with Gasteiger partial charge in [-0.1, -0.05) is 6.07 Å². The highest BCUT2D eigenvalue weighted by Crippen LogP contribution is 2.48. The van der Waals surface area contributed by atoms with Crippen LogP contribution in [0, 0.1) is 11.7 Å². The number of anilines is 1. The van der Waals surface area contributed by atoms with Crippen molar-refractivity contribution >= 4 is 30.5 Å². The lowest BCUT2D eigenvalue weighted by Crippen LogP contribution is -2.45. The molecule has 3 rings (SSSR count). The maximum atomic E-state index is 13.4. The van der Waals surface area contributed by atoms with Gasteiger partial charge in [0.05, 0.1) is 0 Å². The van der Waals surface area contributed by atoms with Gasteiger partial charge in [-0.2, -0.15) is 0 Å². The van der Waals surface area contributed by atoms with Crippen molar-refractivity contribution in [2.45, 2.75) is 18.9 Å². The molecule has 0 unspecified atom stereocenters. The summed E-state index contributed by atoms with van der Waals surface area (Å²) < 4.78 is 13.4. The summed E-state index contributed by atoms with van der Waals surface area (Å²) in [5.41, 5.74) is 6.27. The number of aromatic hydroxyl groups is 1. The lowest BCUT2D eigenvalue weighted by molar-refractivity contribution is 0.153. The Morgan fingerprint density at radius 3 is 2.43 bits per heavy atom. The number of piperazine rings is 1. The largest absolute Gasteiger partial charge is 0.505 e. The third-order valence-corrected chi connectivity index (χ3v) is 4.13. The van der Waals surface area contributed by atoms with E-state index in [1.807, 2.05) is 0 Å². The average Bonchev–Trinajstić information content (AvgIpc) is 3.25. The van der Waals surface area contributed by atoms with Gasteiger partial charge in [-0.05, 0) is 24.8 Å². The minimum Gasteiger partial charge on any atom is -0.505 e. The number of nitrogens with zero attached hydrogens (tertiary/aromatic N) is 1. The summed E-state index contributed by atoms with van der Waals surface area (Å²) in [6.45, 7) is 3.83. The quantitative estimate of drug-likeness (QED) is 0.585. The Kier molecular flexibility index (Phi) is 6.53. The highest BCUT2D eigenvalue weighted by atomic mass is 35.5. The highest BCUT2D eigenvalue weighted by Gasteiger charge is 2.38. The minimum absolute atomic E-state index is 0. The summed E-state index contributed by atoms with van der Waals surface area (Å²) in [6.07, 6.45) is 2.34. The number of rotatable bonds is 3. The summed E-state index contributed by atoms with van der Waals surface area (Å²) in [6, 6.07) is 3.22. The van der Waals surface area contributed by atoms with Crippen molar-refractivity contribution in [2.75, 3.05) is 31.9 Å². The van der Waals surface area contributed by atoms with E-state index < -0.39 is 5.82 Å². The van der Waals surface area contributed by atoms with Crippen LogP contribution in [-0.4, -0.2) is 36.2 Å². The Morgan fingerprint density at radius 2 is 1.86 bits per heavy atom. The van der Waals surface area contributed by atoms with Crippen molar-refractivity contribution in [3.05, 3.63) is 23.5 Å². The fourth-order valence-corrected chi connectivity index (χ4v) is 2.96. The number of halogens is 3. The molecule has 0 aromatic heterocycles. The van der Waals surface area contributed by atoms with E-state index in [9.17, 15) is 9.50 Å². The van der Waals surface area contributed by atoms with E-state index in [4.69, 9.17) is 5.73 Å². The molecule has 2 fully saturated rings. The van der Waals surface area contributed by atoms with Crippen molar-refractivity contribution in [1.82, 2.24) is 10.2 Å². The number of benzene rings is 1. The Bertz CT molecular complexity index is 480. The molecule has 1 aromatic carbocycles. The molecule has 1 saturated heterocycles. The molecule has 4 N–H and O–H groups in total. The zero-order chi connectivity index (χ0) is 13.4. The van der Waals surface area contributed by atoms with Crippen LogP contribution in [0.25, 0.3) is 0 Å². The summed E-state index contributed by atoms with van der Waals surface area (Å²) in [5, 5.41) is 13.5. The number of nitrogen functional groups attached to an aromatic ring is 1. The van der Waals surface area contributed by atoms with E-state index in [2.05, 4.69) is 10.2 Å². The van der Waals surface area contributed by atoms with Gasteiger partial charge in [-0.15, -0.1) is 24.8 Å². The maximum absolute atomic E-state index is 13.4. The Morgan fingerprint density at radius 1 is 1.24 bits per heavy atom. The van der Waals surface area contributed by atoms with Crippen LogP contribution >= 0.6 is 24.8 Å². The van der Waals surface area contributed by atoms with Crippen LogP contribution in [0.5, 0.6) is 5.75 Å². The van der Waals surface area contributed by atoms with Gasteiger partial charge in [0.2, 0.25) is 0 Å². The first kappa shape index (κ1) is 18.3. The topological polar surface area (TPSA) is 61.5 Å². The van der Waals surface area contributed by atoms with Crippen LogP contribution < -0.4 is 11.1 Å². The van der Waals surface area contributed by atoms with Crippen LogP contribution in [0.4, 0.5) is 10.1 Å². The second kappa shape index (κ2) is 7.49. The molecule has 1 heterocycles. The second-order valence-corrected chi connectivity index (χ2v) is 5.47. The first-order chi connectivity index (χ1) is 9.18. The lowest BCUT2D eigenvalue weighted by Gasteiger charge is -2.35. The van der Waals surface area contributed by atoms with Gasteiger partial charge in [-0.25, -0.2) is 4.39 Å². The van der Waals surface area contributed by atoms with Gasteiger partial charge < -0.3 is 16.2 Å². The van der Waals surface area contributed by atoms with Gasteiger partial charge in [0, 0.05) is 37.8 Å². The molecule has 21 heavy (non-hydrogen) atoms. The number of nitrogens with one attached hydrogen (secondary N) is 1. The summed E-state index contributed by atoms with van der Waals surface area (Å²) in [4.78, 5) is 2.38. The number of hydrogen-bond donors (Lipinski definition) is 3. The fraction of sp³-hybridized carbons (Fsp3) is 0.571. The number of hydrogen-bond acceptors (Lipinski definition) is 4. The van der Waals surface area contributed by atoms with Crippen molar-refractivity contribution in [1.29, 1.82) is 0 Å². The molecule has 1 saturated carbocycles. The Labute approximate surface area is 136 Å². The van der Waals surface area contributed by atoms with Crippen molar-refractivity contribution in [2.24, 2.45) is 5.92 Å². The van der Waals surface area contributed by atoms with Crippen molar-refractivity contribution in [3.8, 4) is 5.75 Å². The molecular formula is C14H22Cl2FN3O. The lowest BCUT2D eigenvalue weighted by atomic mass is 9.98. The zero-order valence-electron chi connectivity index (χ0n) is 11.7. The average molecular weight is 338 g/mol. The van der Waals surface area contributed by atoms with Gasteiger partial charge >= 0.3 is 0 Å². The molecule has 1 aromatic rings. The molecule has 120 valence electrons. The Balaban J connectivity index is 0.00000110. The number of phenolic OH excluding ortho intramolecular Hbond substituents is 1. The SMILES string of the molecule is Cl.Cl.Nc1c(F)ccc([C@@H](C2CC2)N2CCNCC2)c1O. The molecular weight excluding hydrogens is 316 g/mol. The van der Waals surface area contributed by atoms with Crippen LogP contribution in [0.1, 0.15) is 24.4 Å². The standard InChI is InChI=1S/C14H20FN3O.2ClH/c15-11-4-3-10(14(19)12(11)16)13(9-1-2-9)18-7-5-17-6-8-18;;/h3-4,9,13,17,19H,1-2,5-8,16H2;2*1H/t13-;;/m1../s1. The summed E-state index contributed by atoms with van der Waals surface area (Å²) in [5.74, 6) is -0.0552. The van der Waals surface area contributed by atoms with Gasteiger partial charge in [-0.3, -0.25) is 4.90 Å². The first-order valence-corrected chi connectivity index (χ1v) is 6.90. The van der Waals surface area contributed by atoms with E-state index in [-0.39, 0.29) is 42.3 Å². The first-order valence-electron chi connectivity index (χ1n) is 6.90. The fourth-order valence-electron chi connectivity index (χ4n) is 2.96. The monoisotopic (exact) mass is 337 g/mol. The summed E-state index contributed by atoms with van der Waals surface area (Å²) >= 11 is 0. The molecule has 0 radical (unpaired) electrons. The zero-order valence-corrected chi connectivity index (χ0v) is 13.4. The van der Waals surface area contributed by atoms with Gasteiger partial charge in [0.15, 0.2) is 0 Å². The highest BCUT2D eigenvalue weighted by molar-refractivity contribution is 5.85. The predicted molar refractivity (Wildman–Crippen MR) is 86.9 cm³/mol. The normalized spacial score (nSPS) is 20.2. The molecule has 2 aliphatic rings. The molecule has 0 amide bonds. The number of phenols is 1. The smallest absolute Gasteiger partial charge is 0.149 e. The Hall–Kier alpha value is -0.750. The van der Waals surface area contributed by atoms with Crippen LogP contribution in [0.2, 0.25) is 0 Å². The maximum Gasteiger partial charge on any atom is 0.149 e. The minimum atomic E-state index is -0.545. The molecule has 1 atom stereocenters. The molecule has 1 aliphatic carbocycles. The van der Waals surface area contributed by atoms with Gasteiger partial charge in [0.1, 0.15) is 17.3 Å². The predicted octanol–water partition coefficient (Wildman–Crippen LogP) is 2.31. The van der Waals surface area contributed by atoms with E-state index in [0.717, 1.165) is 31.7 Å². The molecule has 4 nitrogen and oxygen atoms in total. The second-order valence-electron chi connectivity index (χ2n) is 5.47. The number of nitrogens with two attached hydrogens (primary N) is 1. The van der Waals surface area contributed by atoms with E-state index >= 15 is 0 Å². The van der Waals surface area contributed by atoms with Gasteiger partial charge in [0.25, 0.3) is 0 Å². The van der Waals surface area contributed by atoms with Crippen LogP contribution in [0.3, 0.4) is 0 Å². The van der Waals surface area contributed by atoms with Crippen molar-refractivity contribution < 1.29 is 9.50 Å². The molecule has 7 heteroatoms. The van der Waals surface area contributed by atoms with Crippen LogP contribution in [-0.2, 0) is 0 Å². The van der Waals surface area contributed by atoms with E-state index in [1.54, 1.807) is 6.07 Å². The third kappa shape index (κ3) is 3.72. The van der Waals surface area contributed by atoms with Crippen molar-refractivity contribution in [3.63, 3.8) is 0 Å².